The van der Waals surface area contributed by atoms with Crippen LogP contribution < -0.4 is 5.32 Å². The zero-order valence-corrected chi connectivity index (χ0v) is 24.8. The molecule has 1 atom stereocenters. The summed E-state index contributed by atoms with van der Waals surface area (Å²) in [5.74, 6) is -2.19. The van der Waals surface area contributed by atoms with E-state index in [2.05, 4.69) is 21.2 Å². The average molecular weight is 654 g/mol. The van der Waals surface area contributed by atoms with Gasteiger partial charge >= 0.3 is 16.4 Å². The van der Waals surface area contributed by atoms with Gasteiger partial charge in [-0.3, -0.25) is 4.55 Å². The zero-order chi connectivity index (χ0) is 28.0. The molecule has 3 N–H and O–H groups in total. The molecule has 0 amide bonds. The third-order valence-electron chi connectivity index (χ3n) is 5.90. The molecule has 0 spiro atoms. The molecule has 14 heteroatoms. The molecular formula is C25H31BrClFN2O8S. The Kier molecular flexibility index (Phi) is 12.2. The van der Waals surface area contributed by atoms with Gasteiger partial charge < -0.3 is 24.5 Å². The number of aromatic nitrogens is 1. The molecule has 1 saturated heterocycles. The third-order valence-corrected chi connectivity index (χ3v) is 7.18. The number of carbonyl (C=O) groups excluding carboxylic acids is 1. The number of aryl methyl sites for hydroxylation is 2. The molecule has 216 valence electrons. The second-order valence-electron chi connectivity index (χ2n) is 8.43. The fourth-order valence-electron chi connectivity index (χ4n) is 4.21. The Hall–Kier alpha value is -2.26. The molecule has 2 heterocycles. The van der Waals surface area contributed by atoms with E-state index in [-0.39, 0.29) is 57.7 Å². The van der Waals surface area contributed by atoms with Crippen molar-refractivity contribution >= 4 is 55.6 Å². The van der Waals surface area contributed by atoms with E-state index in [1.54, 1.807) is 37.3 Å². The number of rotatable bonds is 7. The Labute approximate surface area is 240 Å². The number of nitrogens with one attached hydrogen (secondary N) is 1. The third kappa shape index (κ3) is 7.91. The SMILES string of the molecule is C1COCCN1.CCOC(=O)c1c(F)n(C)c2c(C(Cc3ccccc3)OS(=O)(=O)O)c(Br)c(O)c(C)c12.Cl. The molecule has 1 unspecified atom stereocenters. The first-order valence-corrected chi connectivity index (χ1v) is 14.0. The van der Waals surface area contributed by atoms with E-state index in [4.69, 9.17) is 13.7 Å². The molecule has 0 aliphatic carbocycles. The van der Waals surface area contributed by atoms with Crippen LogP contribution in [0.1, 0.15) is 40.1 Å². The van der Waals surface area contributed by atoms with Crippen molar-refractivity contribution in [3.8, 4) is 5.75 Å². The van der Waals surface area contributed by atoms with E-state index in [9.17, 15) is 22.9 Å². The molecule has 1 aromatic heterocycles. The van der Waals surface area contributed by atoms with Gasteiger partial charge in [-0.25, -0.2) is 8.98 Å². The van der Waals surface area contributed by atoms with Gasteiger partial charge in [0.1, 0.15) is 17.4 Å². The first-order chi connectivity index (χ1) is 18.0. The number of ether oxygens (including phenoxy) is 2. The second kappa shape index (κ2) is 14.4. The summed E-state index contributed by atoms with van der Waals surface area (Å²) < 4.78 is 64.0. The summed E-state index contributed by atoms with van der Waals surface area (Å²) >= 11 is 3.25. The molecule has 39 heavy (non-hydrogen) atoms. The molecule has 1 fully saturated rings. The zero-order valence-electron chi connectivity index (χ0n) is 21.6. The van der Waals surface area contributed by atoms with Crippen LogP contribution in [0.5, 0.6) is 5.75 Å². The highest BCUT2D eigenvalue weighted by Crippen LogP contribution is 2.46. The largest absolute Gasteiger partial charge is 0.506 e. The highest BCUT2D eigenvalue weighted by molar-refractivity contribution is 9.10. The first kappa shape index (κ1) is 32.9. The lowest BCUT2D eigenvalue weighted by molar-refractivity contribution is 0.0522. The summed E-state index contributed by atoms with van der Waals surface area (Å²) in [5.41, 5.74) is 0.597. The van der Waals surface area contributed by atoms with Crippen molar-refractivity contribution in [3.05, 3.63) is 63.0 Å². The predicted molar refractivity (Wildman–Crippen MR) is 149 cm³/mol. The van der Waals surface area contributed by atoms with Gasteiger partial charge in [-0.1, -0.05) is 30.3 Å². The number of nitrogens with zero attached hydrogens (tertiary/aromatic N) is 1. The average Bonchev–Trinajstić information content (AvgIpc) is 3.14. The van der Waals surface area contributed by atoms with E-state index in [1.807, 2.05) is 0 Å². The van der Waals surface area contributed by atoms with Crippen LogP contribution in [0.3, 0.4) is 0 Å². The Bertz CT molecular complexity index is 1390. The highest BCUT2D eigenvalue weighted by Gasteiger charge is 2.33. The van der Waals surface area contributed by atoms with Crippen molar-refractivity contribution < 1.29 is 40.9 Å². The quantitative estimate of drug-likeness (QED) is 0.250. The molecule has 1 aliphatic rings. The van der Waals surface area contributed by atoms with Crippen LogP contribution in [-0.4, -0.2) is 61.5 Å². The van der Waals surface area contributed by atoms with Crippen LogP contribution in [0.2, 0.25) is 0 Å². The van der Waals surface area contributed by atoms with Gasteiger partial charge in [0.15, 0.2) is 0 Å². The summed E-state index contributed by atoms with van der Waals surface area (Å²) in [5, 5.41) is 13.9. The van der Waals surface area contributed by atoms with Crippen LogP contribution in [-0.2, 0) is 37.5 Å². The molecule has 0 bridgehead atoms. The summed E-state index contributed by atoms with van der Waals surface area (Å²) in [7, 11) is -3.59. The van der Waals surface area contributed by atoms with Crippen molar-refractivity contribution in [2.24, 2.45) is 7.05 Å². The number of fused-ring (bicyclic) bond motifs is 1. The molecule has 1 aliphatic heterocycles. The van der Waals surface area contributed by atoms with Crippen LogP contribution in [0.25, 0.3) is 10.9 Å². The number of aromatic hydroxyl groups is 1. The smallest absolute Gasteiger partial charge is 0.397 e. The number of esters is 1. The molecule has 10 nitrogen and oxygen atoms in total. The number of phenolic OH excluding ortho intramolecular Hbond substituents is 1. The molecule has 4 rings (SSSR count). The minimum Gasteiger partial charge on any atom is -0.506 e. The highest BCUT2D eigenvalue weighted by atomic mass is 79.9. The van der Waals surface area contributed by atoms with Gasteiger partial charge in [0.05, 0.1) is 29.8 Å². The number of hydrogen-bond donors (Lipinski definition) is 3. The Balaban J connectivity index is 0.000000672. The molecule has 3 aromatic rings. The first-order valence-electron chi connectivity index (χ1n) is 11.8. The Morgan fingerprint density at radius 3 is 2.36 bits per heavy atom. The molecule has 2 aromatic carbocycles. The van der Waals surface area contributed by atoms with Gasteiger partial charge in [0.25, 0.3) is 0 Å². The van der Waals surface area contributed by atoms with E-state index in [0.29, 0.717) is 5.56 Å². The van der Waals surface area contributed by atoms with Crippen molar-refractivity contribution in [2.75, 3.05) is 32.9 Å². The van der Waals surface area contributed by atoms with E-state index < -0.39 is 34.0 Å². The van der Waals surface area contributed by atoms with Crippen LogP contribution in [0.4, 0.5) is 4.39 Å². The molecule has 0 saturated carbocycles. The maximum absolute atomic E-state index is 15.2. The Morgan fingerprint density at radius 1 is 1.26 bits per heavy atom. The van der Waals surface area contributed by atoms with Gasteiger partial charge in [0.2, 0.25) is 5.95 Å². The van der Waals surface area contributed by atoms with Gasteiger partial charge in [0, 0.05) is 43.1 Å². The number of morpholine rings is 1. The Morgan fingerprint density at radius 2 is 1.87 bits per heavy atom. The van der Waals surface area contributed by atoms with Crippen molar-refractivity contribution in [3.63, 3.8) is 0 Å². The summed E-state index contributed by atoms with van der Waals surface area (Å²) in [6, 6.07) is 8.67. The maximum atomic E-state index is 15.2. The van der Waals surface area contributed by atoms with Crippen LogP contribution in [0, 0.1) is 12.9 Å². The number of hydrogen-bond acceptors (Lipinski definition) is 8. The van der Waals surface area contributed by atoms with Gasteiger partial charge in [-0.05, 0) is 35.3 Å². The standard InChI is InChI=1S/C21H21BrFNO7S.C4H9NO.ClH/c1-4-30-21(26)16-14-11(2)19(25)17(22)15(18(14)24(3)20(16)23)13(31-32(27,28)29)10-12-8-6-5-7-9-12;1-3-6-4-2-5-1;/h5-9,13,25H,4,10H2,1-3H3,(H,27,28,29);5H,1-4H2;1H. The van der Waals surface area contributed by atoms with Gasteiger partial charge in [-0.15, -0.1) is 12.4 Å². The normalized spacial score (nSPS) is 14.2. The monoisotopic (exact) mass is 652 g/mol. The van der Waals surface area contributed by atoms with Crippen LogP contribution in [0.15, 0.2) is 34.8 Å². The van der Waals surface area contributed by atoms with Gasteiger partial charge in [-0.2, -0.15) is 12.8 Å². The van der Waals surface area contributed by atoms with Crippen LogP contribution >= 0.6 is 28.3 Å². The lowest BCUT2D eigenvalue weighted by Gasteiger charge is -2.21. The van der Waals surface area contributed by atoms with E-state index >= 15 is 4.39 Å². The number of carbonyl (C=O) groups is 1. The molecule has 0 radical (unpaired) electrons. The molecular weight excluding hydrogens is 623 g/mol. The minimum atomic E-state index is -4.94. The van der Waals surface area contributed by atoms with E-state index in [0.717, 1.165) is 30.9 Å². The number of phenols is 1. The van der Waals surface area contributed by atoms with Crippen molar-refractivity contribution in [2.45, 2.75) is 26.4 Å². The number of benzene rings is 2. The predicted octanol–water partition coefficient (Wildman–Crippen LogP) is 4.40. The summed E-state index contributed by atoms with van der Waals surface area (Å²) in [6.45, 7) is 6.90. The van der Waals surface area contributed by atoms with Crippen molar-refractivity contribution in [1.29, 1.82) is 0 Å². The summed E-state index contributed by atoms with van der Waals surface area (Å²) in [4.78, 5) is 12.5. The lowest BCUT2D eigenvalue weighted by atomic mass is 9.95. The fourth-order valence-corrected chi connectivity index (χ4v) is 5.41. The number of halogens is 3. The van der Waals surface area contributed by atoms with E-state index in [1.165, 1.54) is 14.0 Å². The maximum Gasteiger partial charge on any atom is 0.397 e. The second-order valence-corrected chi connectivity index (χ2v) is 10.3. The van der Waals surface area contributed by atoms with Crippen molar-refractivity contribution in [1.82, 2.24) is 9.88 Å². The lowest BCUT2D eigenvalue weighted by Crippen LogP contribution is -2.30. The fraction of sp³-hybridized carbons (Fsp3) is 0.400. The summed E-state index contributed by atoms with van der Waals surface area (Å²) in [6.07, 6.45) is -1.41. The topological polar surface area (TPSA) is 136 Å². The minimum absolute atomic E-state index is 0.